The van der Waals surface area contributed by atoms with E-state index in [1.165, 1.54) is 0 Å². The number of halogens is 2. The van der Waals surface area contributed by atoms with E-state index in [4.69, 9.17) is 22.7 Å². The SMILES string of the molecule is CC1(C)CCC(Oc2ccc(C(N)=S)c(Br)c2F)CC1. The fraction of sp³-hybridized carbons (Fsp3) is 0.533. The van der Waals surface area contributed by atoms with Crippen LogP contribution in [0.25, 0.3) is 0 Å². The van der Waals surface area contributed by atoms with Crippen LogP contribution in [-0.4, -0.2) is 11.1 Å². The standard InChI is InChI=1S/C15H19BrFNOS/c1-15(2)7-5-9(6-8-15)19-11-4-3-10(14(18)20)12(16)13(11)17/h3-4,9H,5-8H2,1-2H3,(H2,18,20). The van der Waals surface area contributed by atoms with Crippen LogP contribution in [0, 0.1) is 11.2 Å². The minimum absolute atomic E-state index is 0.0834. The van der Waals surface area contributed by atoms with Crippen LogP contribution in [0.15, 0.2) is 16.6 Å². The van der Waals surface area contributed by atoms with Gasteiger partial charge in [-0.3, -0.25) is 0 Å². The number of hydrogen-bond acceptors (Lipinski definition) is 2. The van der Waals surface area contributed by atoms with Gasteiger partial charge in [0.25, 0.3) is 0 Å². The van der Waals surface area contributed by atoms with Crippen molar-refractivity contribution in [3.8, 4) is 5.75 Å². The molecule has 1 saturated carbocycles. The molecule has 1 aliphatic carbocycles. The largest absolute Gasteiger partial charge is 0.487 e. The Kier molecular flexibility index (Phi) is 4.69. The molecule has 0 aliphatic heterocycles. The molecular weight excluding hydrogens is 341 g/mol. The lowest BCUT2D eigenvalue weighted by molar-refractivity contribution is 0.0951. The smallest absolute Gasteiger partial charge is 0.179 e. The average Bonchev–Trinajstić information content (AvgIpc) is 2.37. The second-order valence-electron chi connectivity index (χ2n) is 6.08. The van der Waals surface area contributed by atoms with Crippen LogP contribution in [0.3, 0.4) is 0 Å². The summed E-state index contributed by atoms with van der Waals surface area (Å²) in [6, 6.07) is 3.30. The van der Waals surface area contributed by atoms with Crippen molar-refractivity contribution in [1.29, 1.82) is 0 Å². The van der Waals surface area contributed by atoms with Crippen LogP contribution in [0.5, 0.6) is 5.75 Å². The first-order valence-electron chi connectivity index (χ1n) is 6.74. The van der Waals surface area contributed by atoms with Gasteiger partial charge in [-0.05, 0) is 59.2 Å². The van der Waals surface area contributed by atoms with Crippen LogP contribution in [0.2, 0.25) is 0 Å². The Bertz CT molecular complexity index is 523. The molecule has 0 heterocycles. The number of thiocarbonyl (C=S) groups is 1. The summed E-state index contributed by atoms with van der Waals surface area (Å²) in [5.41, 5.74) is 6.41. The van der Waals surface area contributed by atoms with E-state index in [9.17, 15) is 4.39 Å². The Morgan fingerprint density at radius 3 is 2.55 bits per heavy atom. The molecule has 0 radical (unpaired) electrons. The van der Waals surface area contributed by atoms with E-state index in [0.29, 0.717) is 11.0 Å². The topological polar surface area (TPSA) is 35.2 Å². The number of hydrogen-bond donors (Lipinski definition) is 1. The van der Waals surface area contributed by atoms with Crippen molar-refractivity contribution in [3.63, 3.8) is 0 Å². The van der Waals surface area contributed by atoms with Gasteiger partial charge in [0.1, 0.15) is 4.99 Å². The Hall–Kier alpha value is -0.680. The fourth-order valence-electron chi connectivity index (χ4n) is 2.48. The molecule has 0 bridgehead atoms. The van der Waals surface area contributed by atoms with E-state index < -0.39 is 5.82 Å². The molecule has 1 aromatic rings. The van der Waals surface area contributed by atoms with Gasteiger partial charge >= 0.3 is 0 Å². The summed E-state index contributed by atoms with van der Waals surface area (Å²) in [6.07, 6.45) is 4.21. The van der Waals surface area contributed by atoms with Crippen LogP contribution in [0.1, 0.15) is 45.1 Å². The third-order valence-electron chi connectivity index (χ3n) is 3.89. The third kappa shape index (κ3) is 3.50. The monoisotopic (exact) mass is 359 g/mol. The lowest BCUT2D eigenvalue weighted by Crippen LogP contribution is -2.28. The summed E-state index contributed by atoms with van der Waals surface area (Å²) < 4.78 is 20.3. The van der Waals surface area contributed by atoms with Gasteiger partial charge in [-0.2, -0.15) is 0 Å². The highest BCUT2D eigenvalue weighted by atomic mass is 79.9. The van der Waals surface area contributed by atoms with Gasteiger partial charge in [0.15, 0.2) is 11.6 Å². The molecule has 0 saturated heterocycles. The number of ether oxygens (including phenoxy) is 1. The van der Waals surface area contributed by atoms with E-state index >= 15 is 0 Å². The zero-order valence-electron chi connectivity index (χ0n) is 11.7. The first-order chi connectivity index (χ1) is 9.30. The van der Waals surface area contributed by atoms with E-state index in [1.807, 2.05) is 0 Å². The Labute approximate surface area is 133 Å². The van der Waals surface area contributed by atoms with Gasteiger partial charge in [0, 0.05) is 5.56 Å². The van der Waals surface area contributed by atoms with E-state index in [2.05, 4.69) is 29.8 Å². The van der Waals surface area contributed by atoms with Crippen LogP contribution in [0.4, 0.5) is 4.39 Å². The molecular formula is C15H19BrFNOS. The summed E-state index contributed by atoms with van der Waals surface area (Å²) >= 11 is 8.07. The second kappa shape index (κ2) is 5.98. The molecule has 2 N–H and O–H groups in total. The summed E-state index contributed by atoms with van der Waals surface area (Å²) in [7, 11) is 0. The Morgan fingerprint density at radius 1 is 1.40 bits per heavy atom. The average molecular weight is 360 g/mol. The number of benzene rings is 1. The molecule has 1 fully saturated rings. The third-order valence-corrected chi connectivity index (χ3v) is 4.89. The highest BCUT2D eigenvalue weighted by molar-refractivity contribution is 9.10. The van der Waals surface area contributed by atoms with Crippen LogP contribution in [-0.2, 0) is 0 Å². The zero-order chi connectivity index (χ0) is 14.9. The van der Waals surface area contributed by atoms with Crippen molar-refractivity contribution in [2.24, 2.45) is 11.1 Å². The van der Waals surface area contributed by atoms with Crippen LogP contribution < -0.4 is 10.5 Å². The normalized spacial score (nSPS) is 18.8. The number of nitrogens with two attached hydrogens (primary N) is 1. The predicted molar refractivity (Wildman–Crippen MR) is 86.7 cm³/mol. The molecule has 0 aromatic heterocycles. The van der Waals surface area contributed by atoms with Gasteiger partial charge in [0.2, 0.25) is 0 Å². The van der Waals surface area contributed by atoms with Gasteiger partial charge in [-0.15, -0.1) is 0 Å². The Balaban J connectivity index is 2.11. The maximum absolute atomic E-state index is 14.2. The Morgan fingerprint density at radius 2 is 2.00 bits per heavy atom. The van der Waals surface area contributed by atoms with Crippen molar-refractivity contribution in [2.45, 2.75) is 45.6 Å². The molecule has 1 aromatic carbocycles. The molecule has 0 atom stereocenters. The maximum Gasteiger partial charge on any atom is 0.179 e. The molecule has 20 heavy (non-hydrogen) atoms. The second-order valence-corrected chi connectivity index (χ2v) is 7.32. The summed E-state index contributed by atoms with van der Waals surface area (Å²) in [6.45, 7) is 4.52. The van der Waals surface area contributed by atoms with Gasteiger partial charge < -0.3 is 10.5 Å². The minimum atomic E-state index is -0.430. The van der Waals surface area contributed by atoms with E-state index in [-0.39, 0.29) is 21.3 Å². The highest BCUT2D eigenvalue weighted by Crippen LogP contribution is 2.37. The zero-order valence-corrected chi connectivity index (χ0v) is 14.1. The van der Waals surface area contributed by atoms with Crippen LogP contribution >= 0.6 is 28.1 Å². The molecule has 2 nitrogen and oxygen atoms in total. The van der Waals surface area contributed by atoms with Crippen molar-refractivity contribution in [3.05, 3.63) is 28.0 Å². The number of rotatable bonds is 3. The molecule has 0 spiro atoms. The lowest BCUT2D eigenvalue weighted by Gasteiger charge is -2.34. The molecule has 0 amide bonds. The molecule has 0 unspecified atom stereocenters. The summed E-state index contributed by atoms with van der Waals surface area (Å²) in [4.78, 5) is 0.168. The van der Waals surface area contributed by atoms with Crippen molar-refractivity contribution < 1.29 is 9.13 Å². The first-order valence-corrected chi connectivity index (χ1v) is 7.95. The molecule has 1 aliphatic rings. The van der Waals surface area contributed by atoms with E-state index in [0.717, 1.165) is 25.7 Å². The van der Waals surface area contributed by atoms with Crippen molar-refractivity contribution >= 4 is 33.1 Å². The maximum atomic E-state index is 14.2. The fourth-order valence-corrected chi connectivity index (χ4v) is 3.33. The van der Waals surface area contributed by atoms with E-state index in [1.54, 1.807) is 12.1 Å². The first kappa shape index (κ1) is 15.7. The molecule has 2 rings (SSSR count). The quantitative estimate of drug-likeness (QED) is 0.802. The van der Waals surface area contributed by atoms with Gasteiger partial charge in [-0.25, -0.2) is 4.39 Å². The molecule has 110 valence electrons. The minimum Gasteiger partial charge on any atom is -0.487 e. The highest BCUT2D eigenvalue weighted by Gasteiger charge is 2.28. The predicted octanol–water partition coefficient (Wildman–Crippen LogP) is 4.57. The lowest BCUT2D eigenvalue weighted by atomic mass is 9.76. The van der Waals surface area contributed by atoms with Gasteiger partial charge in [-0.1, -0.05) is 26.1 Å². The van der Waals surface area contributed by atoms with Gasteiger partial charge in [0.05, 0.1) is 10.6 Å². The van der Waals surface area contributed by atoms with Crippen molar-refractivity contribution in [2.75, 3.05) is 0 Å². The summed E-state index contributed by atoms with van der Waals surface area (Å²) in [5.74, 6) is -0.165. The molecule has 5 heteroatoms. The summed E-state index contributed by atoms with van der Waals surface area (Å²) in [5, 5.41) is 0. The van der Waals surface area contributed by atoms with Crippen molar-refractivity contribution in [1.82, 2.24) is 0 Å².